The minimum absolute atomic E-state index is 0.0206. The van der Waals surface area contributed by atoms with Gasteiger partial charge in [-0.3, -0.25) is 14.4 Å². The third-order valence-corrected chi connectivity index (χ3v) is 8.01. The number of ketones is 3. The van der Waals surface area contributed by atoms with E-state index in [2.05, 4.69) is 0 Å². The first-order valence-corrected chi connectivity index (χ1v) is 9.51. The van der Waals surface area contributed by atoms with Gasteiger partial charge in [-0.15, -0.1) is 0 Å². The summed E-state index contributed by atoms with van der Waals surface area (Å²) in [6.45, 7) is 3.19. The normalized spacial score (nSPS) is 47.1. The van der Waals surface area contributed by atoms with Crippen LogP contribution in [0.25, 0.3) is 0 Å². The molecule has 0 unspecified atom stereocenters. The van der Waals surface area contributed by atoms with Crippen LogP contribution < -0.4 is 0 Å². The van der Waals surface area contributed by atoms with Crippen LogP contribution in [0.4, 0.5) is 0 Å². The molecule has 0 aromatic rings. The largest absolute Gasteiger partial charge is 0.388 e. The van der Waals surface area contributed by atoms with Gasteiger partial charge in [0.05, 0.1) is 0 Å². The molecule has 4 aliphatic carbocycles. The maximum atomic E-state index is 13.3. The zero-order chi connectivity index (χ0) is 18.9. The molecule has 5 nitrogen and oxygen atoms in total. The van der Waals surface area contributed by atoms with Gasteiger partial charge in [0.25, 0.3) is 0 Å². The number of carbonyl (C=O) groups excluding carboxylic acids is 3. The Hall–Kier alpha value is -1.59. The molecule has 0 aromatic heterocycles. The number of aliphatic hydroxyl groups excluding tert-OH is 1. The van der Waals surface area contributed by atoms with E-state index in [1.165, 1.54) is 0 Å². The Balaban J connectivity index is 1.76. The van der Waals surface area contributed by atoms with Gasteiger partial charge >= 0.3 is 0 Å². The van der Waals surface area contributed by atoms with E-state index < -0.39 is 28.8 Å². The highest BCUT2D eigenvalue weighted by atomic mass is 16.3. The van der Waals surface area contributed by atoms with Crippen LogP contribution in [0.1, 0.15) is 46.0 Å². The molecule has 26 heavy (non-hydrogen) atoms. The van der Waals surface area contributed by atoms with Crippen molar-refractivity contribution in [1.29, 1.82) is 0 Å². The molecule has 4 rings (SSSR count). The molecular formula is C21H26O5. The minimum atomic E-state index is -1.62. The van der Waals surface area contributed by atoms with Crippen molar-refractivity contribution in [3.63, 3.8) is 0 Å². The van der Waals surface area contributed by atoms with E-state index in [1.807, 2.05) is 19.9 Å². The van der Waals surface area contributed by atoms with Gasteiger partial charge in [0, 0.05) is 23.2 Å². The van der Waals surface area contributed by atoms with Gasteiger partial charge in [0.15, 0.2) is 11.6 Å². The van der Waals surface area contributed by atoms with Crippen molar-refractivity contribution in [2.45, 2.75) is 51.6 Å². The van der Waals surface area contributed by atoms with E-state index in [4.69, 9.17) is 0 Å². The lowest BCUT2D eigenvalue weighted by molar-refractivity contribution is -0.168. The van der Waals surface area contributed by atoms with Crippen molar-refractivity contribution in [2.75, 3.05) is 6.61 Å². The van der Waals surface area contributed by atoms with Gasteiger partial charge in [-0.05, 0) is 49.7 Å². The van der Waals surface area contributed by atoms with Crippen LogP contribution in [0, 0.1) is 28.6 Å². The van der Waals surface area contributed by atoms with Gasteiger partial charge in [-0.25, -0.2) is 0 Å². The van der Waals surface area contributed by atoms with Crippen molar-refractivity contribution in [3.8, 4) is 0 Å². The lowest BCUT2D eigenvalue weighted by Gasteiger charge is -2.56. The second-order valence-corrected chi connectivity index (χ2v) is 9.02. The van der Waals surface area contributed by atoms with E-state index >= 15 is 0 Å². The summed E-state index contributed by atoms with van der Waals surface area (Å²) in [6.07, 6.45) is 7.82. The minimum Gasteiger partial charge on any atom is -0.388 e. The number of hydrogen-bond acceptors (Lipinski definition) is 5. The molecule has 0 bridgehead atoms. The standard InChI is InChI=1S/C21H26O5/c1-19-7-5-13(23)9-12(19)3-4-14-15-6-8-21(26,17(25)11-22)20(15,2)10-16(24)18(14)19/h5,7,9,14-15,18,22,26H,3-4,6,8,10-11H2,1-2H3/t14-,15-,18+,19-,20-,21-/m1/s1. The fourth-order valence-electron chi connectivity index (χ4n) is 6.62. The Morgan fingerprint density at radius 3 is 2.69 bits per heavy atom. The van der Waals surface area contributed by atoms with E-state index in [-0.39, 0.29) is 35.7 Å². The molecule has 5 heteroatoms. The number of aliphatic hydroxyl groups is 2. The number of fused-ring (bicyclic) bond motifs is 5. The summed E-state index contributed by atoms with van der Waals surface area (Å²) in [6, 6.07) is 0. The first kappa shape index (κ1) is 17.8. The maximum absolute atomic E-state index is 13.3. The first-order valence-electron chi connectivity index (χ1n) is 9.51. The number of allylic oxidation sites excluding steroid dienone is 4. The average Bonchev–Trinajstić information content (AvgIpc) is 2.86. The number of rotatable bonds is 2. The second-order valence-electron chi connectivity index (χ2n) is 9.02. The fraction of sp³-hybridized carbons (Fsp3) is 0.667. The summed E-state index contributed by atoms with van der Waals surface area (Å²) in [5.41, 5.74) is -1.86. The molecule has 0 radical (unpaired) electrons. The van der Waals surface area contributed by atoms with Crippen molar-refractivity contribution < 1.29 is 24.6 Å². The van der Waals surface area contributed by atoms with Crippen LogP contribution in [0.3, 0.4) is 0 Å². The molecule has 0 spiro atoms. The van der Waals surface area contributed by atoms with E-state index in [0.29, 0.717) is 12.8 Å². The third kappa shape index (κ3) is 2.01. The molecule has 3 fully saturated rings. The lowest BCUT2D eigenvalue weighted by atomic mass is 9.46. The summed E-state index contributed by atoms with van der Waals surface area (Å²) in [4.78, 5) is 37.4. The van der Waals surface area contributed by atoms with E-state index in [0.717, 1.165) is 18.4 Å². The summed E-state index contributed by atoms with van der Waals surface area (Å²) in [5.74, 6) is -0.590. The summed E-state index contributed by atoms with van der Waals surface area (Å²) >= 11 is 0. The Morgan fingerprint density at radius 2 is 2.00 bits per heavy atom. The highest BCUT2D eigenvalue weighted by Crippen LogP contribution is 2.66. The molecule has 140 valence electrons. The van der Waals surface area contributed by atoms with Gasteiger partial charge < -0.3 is 10.2 Å². The van der Waals surface area contributed by atoms with Crippen molar-refractivity contribution in [2.24, 2.45) is 28.6 Å². The van der Waals surface area contributed by atoms with Crippen LogP contribution >= 0.6 is 0 Å². The summed E-state index contributed by atoms with van der Waals surface area (Å²) < 4.78 is 0. The Bertz CT molecular complexity index is 764. The van der Waals surface area contributed by atoms with Crippen molar-refractivity contribution >= 4 is 17.3 Å². The van der Waals surface area contributed by atoms with E-state index in [1.54, 1.807) is 12.2 Å². The quantitative estimate of drug-likeness (QED) is 0.785. The van der Waals surface area contributed by atoms with Crippen LogP contribution in [0.5, 0.6) is 0 Å². The number of carbonyl (C=O) groups is 3. The fourth-order valence-corrected chi connectivity index (χ4v) is 6.62. The predicted molar refractivity (Wildman–Crippen MR) is 94.0 cm³/mol. The molecule has 3 saturated carbocycles. The molecule has 0 aromatic carbocycles. The molecule has 6 atom stereocenters. The molecule has 2 N–H and O–H groups in total. The first-order chi connectivity index (χ1) is 12.2. The molecule has 0 saturated heterocycles. The highest BCUT2D eigenvalue weighted by Gasteiger charge is 2.68. The Labute approximate surface area is 153 Å². The SMILES string of the molecule is C[C@@]12C=CC(=O)C=C1CC[C@H]1[C@H]2C(=O)C[C@]2(C)[C@@H]1CC[C@@]2(O)C(=O)CO. The second kappa shape index (κ2) is 5.46. The van der Waals surface area contributed by atoms with Crippen LogP contribution in [0.15, 0.2) is 23.8 Å². The van der Waals surface area contributed by atoms with Gasteiger partial charge in [-0.2, -0.15) is 0 Å². The third-order valence-electron chi connectivity index (χ3n) is 8.01. The monoisotopic (exact) mass is 358 g/mol. The van der Waals surface area contributed by atoms with Gasteiger partial charge in [-0.1, -0.05) is 25.5 Å². The molecule has 0 amide bonds. The van der Waals surface area contributed by atoms with Crippen LogP contribution in [-0.2, 0) is 14.4 Å². The topological polar surface area (TPSA) is 91.7 Å². The summed E-state index contributed by atoms with van der Waals surface area (Å²) in [5, 5.41) is 20.5. The zero-order valence-corrected chi connectivity index (χ0v) is 15.3. The van der Waals surface area contributed by atoms with Gasteiger partial charge in [0.2, 0.25) is 0 Å². The highest BCUT2D eigenvalue weighted by molar-refractivity contribution is 6.02. The zero-order valence-electron chi connectivity index (χ0n) is 15.3. The van der Waals surface area contributed by atoms with Crippen LogP contribution in [-0.4, -0.2) is 39.8 Å². The summed E-state index contributed by atoms with van der Waals surface area (Å²) in [7, 11) is 0. The lowest BCUT2D eigenvalue weighted by Crippen LogP contribution is -2.60. The van der Waals surface area contributed by atoms with Crippen LogP contribution in [0.2, 0.25) is 0 Å². The number of hydrogen-bond donors (Lipinski definition) is 2. The molecule has 4 aliphatic rings. The van der Waals surface area contributed by atoms with Crippen molar-refractivity contribution in [1.82, 2.24) is 0 Å². The Kier molecular flexibility index (Phi) is 3.74. The van der Waals surface area contributed by atoms with Gasteiger partial charge in [0.1, 0.15) is 18.0 Å². The Morgan fingerprint density at radius 1 is 1.27 bits per heavy atom. The number of Topliss-reactive ketones (excluding diaryl/α,β-unsaturated/α-hetero) is 2. The molecule has 0 aliphatic heterocycles. The average molecular weight is 358 g/mol. The van der Waals surface area contributed by atoms with Crippen molar-refractivity contribution in [3.05, 3.63) is 23.8 Å². The van der Waals surface area contributed by atoms with E-state index in [9.17, 15) is 24.6 Å². The molecular weight excluding hydrogens is 332 g/mol. The predicted octanol–water partition coefficient (Wildman–Crippen LogP) is 1.77. The molecule has 0 heterocycles. The maximum Gasteiger partial charge on any atom is 0.190 e. The smallest absolute Gasteiger partial charge is 0.190 e.